The Morgan fingerprint density at radius 2 is 1.60 bits per heavy atom. The highest BCUT2D eigenvalue weighted by atomic mass is 16.5. The maximum atomic E-state index is 12.9. The first-order chi connectivity index (χ1) is 17.1. The zero-order valence-corrected chi connectivity index (χ0v) is 20.0. The number of carbonyl (C=O) groups excluding carboxylic acids is 2. The van der Waals surface area contributed by atoms with Crippen LogP contribution in [0.3, 0.4) is 0 Å². The summed E-state index contributed by atoms with van der Waals surface area (Å²) in [5.41, 5.74) is 3.53. The van der Waals surface area contributed by atoms with Crippen LogP contribution in [0.15, 0.2) is 66.7 Å². The maximum absolute atomic E-state index is 12.9. The van der Waals surface area contributed by atoms with E-state index < -0.39 is 0 Å². The van der Waals surface area contributed by atoms with Crippen LogP contribution in [0.25, 0.3) is 0 Å². The minimum absolute atomic E-state index is 0.223. The molecule has 0 saturated carbocycles. The van der Waals surface area contributed by atoms with Gasteiger partial charge in [0.2, 0.25) is 0 Å². The molecule has 0 atom stereocenters. The summed E-state index contributed by atoms with van der Waals surface area (Å²) < 4.78 is 10.4. The Labute approximate surface area is 205 Å². The molecule has 4 rings (SSSR count). The number of carbonyl (C=O) groups is 2. The zero-order chi connectivity index (χ0) is 24.6. The van der Waals surface area contributed by atoms with E-state index in [1.54, 1.807) is 50.6 Å². The van der Waals surface area contributed by atoms with Crippen LogP contribution in [0, 0.1) is 0 Å². The third kappa shape index (κ3) is 6.23. The summed E-state index contributed by atoms with van der Waals surface area (Å²) in [5.74, 6) is 1.22. The van der Waals surface area contributed by atoms with Crippen molar-refractivity contribution >= 4 is 29.0 Å². The monoisotopic (exact) mass is 474 g/mol. The van der Waals surface area contributed by atoms with Crippen molar-refractivity contribution in [2.45, 2.75) is 19.4 Å². The predicted molar refractivity (Wildman–Crippen MR) is 138 cm³/mol. The highest BCUT2D eigenvalue weighted by molar-refractivity contribution is 6.04. The number of methoxy groups -OCH3 is 2. The van der Waals surface area contributed by atoms with E-state index in [1.165, 1.54) is 0 Å². The number of rotatable bonds is 8. The largest absolute Gasteiger partial charge is 0.497 e. The molecule has 1 aliphatic rings. The standard InChI is InChI=1S/C27H30N4O4/c1-34-22-11-9-21(10-12-22)29-27(33)30-24-17-20(8-13-25(24)31-14-3-4-15-31)26(32)28-18-19-6-5-7-23(16-19)35-2/h5-13,16-17H,3-4,14-15,18H2,1-2H3,(H,28,32)(H2,29,30,33). The van der Waals surface area contributed by atoms with Gasteiger partial charge >= 0.3 is 6.03 Å². The first kappa shape index (κ1) is 23.9. The van der Waals surface area contributed by atoms with Gasteiger partial charge in [-0.05, 0) is 73.0 Å². The number of nitrogens with zero attached hydrogens (tertiary/aromatic N) is 1. The molecule has 182 valence electrons. The van der Waals surface area contributed by atoms with Gasteiger partial charge in [-0.3, -0.25) is 4.79 Å². The van der Waals surface area contributed by atoms with Crippen molar-refractivity contribution in [3.8, 4) is 11.5 Å². The smallest absolute Gasteiger partial charge is 0.323 e. The van der Waals surface area contributed by atoms with E-state index in [9.17, 15) is 9.59 Å². The van der Waals surface area contributed by atoms with Crippen molar-refractivity contribution in [1.29, 1.82) is 0 Å². The Bertz CT molecular complexity index is 1170. The van der Waals surface area contributed by atoms with E-state index in [1.807, 2.05) is 30.3 Å². The predicted octanol–water partition coefficient (Wildman–Crippen LogP) is 4.88. The van der Waals surface area contributed by atoms with Crippen LogP contribution >= 0.6 is 0 Å². The van der Waals surface area contributed by atoms with E-state index in [2.05, 4.69) is 20.9 Å². The normalized spacial score (nSPS) is 12.7. The lowest BCUT2D eigenvalue weighted by molar-refractivity contribution is 0.0951. The summed E-state index contributed by atoms with van der Waals surface area (Å²) in [6, 6.07) is 19.7. The van der Waals surface area contributed by atoms with Crippen LogP contribution in [0.4, 0.5) is 21.9 Å². The molecule has 3 N–H and O–H groups in total. The van der Waals surface area contributed by atoms with Crippen molar-refractivity contribution in [2.75, 3.05) is 42.8 Å². The Hall–Kier alpha value is -4.20. The van der Waals surface area contributed by atoms with E-state index in [0.29, 0.717) is 29.2 Å². The van der Waals surface area contributed by atoms with E-state index in [-0.39, 0.29) is 11.9 Å². The molecular weight excluding hydrogens is 444 g/mol. The molecule has 3 aromatic rings. The fourth-order valence-corrected chi connectivity index (χ4v) is 4.04. The van der Waals surface area contributed by atoms with Crippen molar-refractivity contribution in [3.05, 3.63) is 77.9 Å². The molecule has 3 amide bonds. The Balaban J connectivity index is 1.48. The fourth-order valence-electron chi connectivity index (χ4n) is 4.04. The van der Waals surface area contributed by atoms with Crippen molar-refractivity contribution < 1.29 is 19.1 Å². The minimum Gasteiger partial charge on any atom is -0.497 e. The number of nitrogens with one attached hydrogen (secondary N) is 3. The van der Waals surface area contributed by atoms with Gasteiger partial charge in [0.1, 0.15) is 11.5 Å². The third-order valence-electron chi connectivity index (χ3n) is 5.89. The average molecular weight is 475 g/mol. The second-order valence-corrected chi connectivity index (χ2v) is 8.27. The Morgan fingerprint density at radius 3 is 2.31 bits per heavy atom. The molecule has 1 aliphatic heterocycles. The molecule has 0 aromatic heterocycles. The molecule has 0 radical (unpaired) electrons. The summed E-state index contributed by atoms with van der Waals surface area (Å²) in [6.45, 7) is 2.19. The van der Waals surface area contributed by atoms with E-state index in [4.69, 9.17) is 9.47 Å². The molecule has 0 bridgehead atoms. The first-order valence-electron chi connectivity index (χ1n) is 11.6. The molecular formula is C27H30N4O4. The average Bonchev–Trinajstić information content (AvgIpc) is 3.42. The molecule has 0 unspecified atom stereocenters. The molecule has 3 aromatic carbocycles. The molecule has 35 heavy (non-hydrogen) atoms. The first-order valence-corrected chi connectivity index (χ1v) is 11.6. The third-order valence-corrected chi connectivity index (χ3v) is 5.89. The topological polar surface area (TPSA) is 91.9 Å². The van der Waals surface area contributed by atoms with Crippen LogP contribution < -0.4 is 30.3 Å². The quantitative estimate of drug-likeness (QED) is 0.433. The molecule has 8 nitrogen and oxygen atoms in total. The molecule has 0 spiro atoms. The van der Waals surface area contributed by atoms with Gasteiger partial charge in [-0.15, -0.1) is 0 Å². The molecule has 1 saturated heterocycles. The van der Waals surface area contributed by atoms with Gasteiger partial charge in [-0.1, -0.05) is 12.1 Å². The number of anilines is 3. The number of amides is 3. The van der Waals surface area contributed by atoms with E-state index >= 15 is 0 Å². The van der Waals surface area contributed by atoms with Gasteiger partial charge in [-0.25, -0.2) is 4.79 Å². The fraction of sp³-hybridized carbons (Fsp3) is 0.259. The van der Waals surface area contributed by atoms with Crippen molar-refractivity contribution in [3.63, 3.8) is 0 Å². The van der Waals surface area contributed by atoms with Crippen LogP contribution in [-0.2, 0) is 6.54 Å². The zero-order valence-electron chi connectivity index (χ0n) is 20.0. The lowest BCUT2D eigenvalue weighted by Gasteiger charge is -2.22. The number of ether oxygens (including phenoxy) is 2. The van der Waals surface area contributed by atoms with Gasteiger partial charge in [-0.2, -0.15) is 0 Å². The summed E-state index contributed by atoms with van der Waals surface area (Å²) in [5, 5.41) is 8.70. The van der Waals surface area contributed by atoms with Gasteiger partial charge < -0.3 is 30.3 Å². The van der Waals surface area contributed by atoms with Crippen LogP contribution in [0.5, 0.6) is 11.5 Å². The summed E-state index contributed by atoms with van der Waals surface area (Å²) in [6.07, 6.45) is 2.19. The van der Waals surface area contributed by atoms with Gasteiger partial charge in [0.15, 0.2) is 0 Å². The minimum atomic E-state index is -0.385. The molecule has 8 heteroatoms. The van der Waals surface area contributed by atoms with Gasteiger partial charge in [0.05, 0.1) is 25.6 Å². The van der Waals surface area contributed by atoms with Crippen molar-refractivity contribution in [1.82, 2.24) is 5.32 Å². The van der Waals surface area contributed by atoms with E-state index in [0.717, 1.165) is 42.9 Å². The number of hydrogen-bond acceptors (Lipinski definition) is 5. The lowest BCUT2D eigenvalue weighted by atomic mass is 10.1. The van der Waals surface area contributed by atoms with Crippen molar-refractivity contribution in [2.24, 2.45) is 0 Å². The molecule has 1 fully saturated rings. The number of urea groups is 1. The summed E-state index contributed by atoms with van der Waals surface area (Å²) in [4.78, 5) is 27.9. The summed E-state index contributed by atoms with van der Waals surface area (Å²) >= 11 is 0. The van der Waals surface area contributed by atoms with Gasteiger partial charge in [0.25, 0.3) is 5.91 Å². The van der Waals surface area contributed by atoms with Crippen LogP contribution in [0.2, 0.25) is 0 Å². The Morgan fingerprint density at radius 1 is 0.857 bits per heavy atom. The highest BCUT2D eigenvalue weighted by Gasteiger charge is 2.19. The second-order valence-electron chi connectivity index (χ2n) is 8.27. The van der Waals surface area contributed by atoms with Gasteiger partial charge in [0, 0.05) is 30.9 Å². The maximum Gasteiger partial charge on any atom is 0.323 e. The highest BCUT2D eigenvalue weighted by Crippen LogP contribution is 2.30. The summed E-state index contributed by atoms with van der Waals surface area (Å²) in [7, 11) is 3.20. The van der Waals surface area contributed by atoms with Crippen LogP contribution in [0.1, 0.15) is 28.8 Å². The molecule has 0 aliphatic carbocycles. The SMILES string of the molecule is COc1ccc(NC(=O)Nc2cc(C(=O)NCc3cccc(OC)c3)ccc2N2CCCC2)cc1. The molecule has 1 heterocycles. The van der Waals surface area contributed by atoms with Crippen LogP contribution in [-0.4, -0.2) is 39.2 Å². The number of hydrogen-bond donors (Lipinski definition) is 3. The number of benzene rings is 3. The Kier molecular flexibility index (Phi) is 7.72. The second kappa shape index (κ2) is 11.3. The lowest BCUT2D eigenvalue weighted by Crippen LogP contribution is -2.26.